The van der Waals surface area contributed by atoms with Crippen molar-refractivity contribution in [3.63, 3.8) is 0 Å². The lowest BCUT2D eigenvalue weighted by Gasteiger charge is -2.47. The van der Waals surface area contributed by atoms with Gasteiger partial charge in [-0.05, 0) is 0 Å². The molecule has 1 unspecified atom stereocenters. The average molecular weight is 354 g/mol. The minimum Gasteiger partial charge on any atom is -0.394 e. The number of hydrogen-bond donors (Lipinski definition) is 5. The number of aliphatic hydroxyl groups is 5. The van der Waals surface area contributed by atoms with Crippen LogP contribution in [-0.4, -0.2) is 79.0 Å². The minimum absolute atomic E-state index is 1.06. The quantitative estimate of drug-likeness (QED) is 0.299. The van der Waals surface area contributed by atoms with Crippen molar-refractivity contribution >= 4 is 20.8 Å². The number of fused-ring (bicyclic) bond motifs is 1. The Morgan fingerprint density at radius 1 is 1.00 bits per heavy atom. The summed E-state index contributed by atoms with van der Waals surface area (Å²) in [7, 11) is -11.0. The predicted octanol–water partition coefficient (Wildman–Crippen LogP) is -5.01. The van der Waals surface area contributed by atoms with E-state index in [4.69, 9.17) is 5.11 Å². The van der Waals surface area contributed by atoms with Crippen molar-refractivity contribution in [3.05, 3.63) is 0 Å². The van der Waals surface area contributed by atoms with E-state index in [2.05, 4.69) is 16.7 Å². The topological polar surface area (TPSA) is 206 Å². The molecular weight excluding hydrogens is 344 g/mol. The van der Waals surface area contributed by atoms with E-state index in [1.54, 1.807) is 0 Å². The van der Waals surface area contributed by atoms with Gasteiger partial charge in [0.05, 0.1) is 6.61 Å². The molecule has 124 valence electrons. The number of rotatable bonds is 1. The Morgan fingerprint density at radius 3 is 2.05 bits per heavy atom. The molecular formula is C6H10O13S2. The van der Waals surface area contributed by atoms with Crippen molar-refractivity contribution in [2.45, 2.75) is 30.1 Å². The van der Waals surface area contributed by atoms with Crippen molar-refractivity contribution in [3.8, 4) is 0 Å². The van der Waals surface area contributed by atoms with Crippen LogP contribution in [-0.2, 0) is 37.5 Å². The van der Waals surface area contributed by atoms with E-state index >= 15 is 0 Å². The average Bonchev–Trinajstić information content (AvgIpc) is 2.34. The molecule has 0 aliphatic carbocycles. The Hall–Kier alpha value is -0.460. The lowest BCUT2D eigenvalue weighted by molar-refractivity contribution is -0.495. The van der Waals surface area contributed by atoms with Crippen molar-refractivity contribution in [1.29, 1.82) is 0 Å². The molecule has 2 saturated heterocycles. The molecule has 13 nitrogen and oxygen atoms in total. The summed E-state index contributed by atoms with van der Waals surface area (Å²) in [6, 6.07) is 0. The van der Waals surface area contributed by atoms with Crippen molar-refractivity contribution in [2.75, 3.05) is 6.61 Å². The molecule has 5 N–H and O–H groups in total. The van der Waals surface area contributed by atoms with Gasteiger partial charge in [-0.3, -0.25) is 0 Å². The molecule has 0 bridgehead atoms. The first-order valence-corrected chi connectivity index (χ1v) is 7.74. The first kappa shape index (κ1) is 16.9. The van der Waals surface area contributed by atoms with Gasteiger partial charge in [-0.15, -0.1) is 3.63 Å². The number of aliphatic hydroxyl groups excluding tert-OH is 3. The SMILES string of the molecule is O=S1(=O)OC2(O)O[C@H](CO)[C@@H](O)[C@H](O)[C@@]2(O)OS(=O)(=O)O1. The van der Waals surface area contributed by atoms with Crippen molar-refractivity contribution in [1.82, 2.24) is 0 Å². The molecule has 0 aromatic heterocycles. The Bertz CT molecular complexity index is 625. The minimum atomic E-state index is -5.51. The smallest absolute Gasteiger partial charge is 0.394 e. The Morgan fingerprint density at radius 2 is 1.52 bits per heavy atom. The summed E-state index contributed by atoms with van der Waals surface area (Å²) in [6.07, 6.45) is -6.66. The van der Waals surface area contributed by atoms with E-state index in [1.807, 2.05) is 0 Å². The van der Waals surface area contributed by atoms with Crippen LogP contribution in [0.4, 0.5) is 0 Å². The Balaban J connectivity index is 2.61. The summed E-state index contributed by atoms with van der Waals surface area (Å²) in [4.78, 5) is 0. The second kappa shape index (κ2) is 4.77. The van der Waals surface area contributed by atoms with Crippen LogP contribution in [0.2, 0.25) is 0 Å². The Kier molecular flexibility index (Phi) is 3.84. The highest BCUT2D eigenvalue weighted by molar-refractivity contribution is 7.95. The third kappa shape index (κ3) is 2.66. The molecule has 0 radical (unpaired) electrons. The van der Waals surface area contributed by atoms with E-state index in [0.29, 0.717) is 0 Å². The zero-order valence-corrected chi connectivity index (χ0v) is 11.4. The molecule has 0 aromatic rings. The zero-order chi connectivity index (χ0) is 16.3. The maximum Gasteiger partial charge on any atom is 0.421 e. The van der Waals surface area contributed by atoms with Crippen LogP contribution in [0.3, 0.4) is 0 Å². The van der Waals surface area contributed by atoms with Gasteiger partial charge in [-0.1, -0.05) is 0 Å². The molecule has 0 aromatic carbocycles. The van der Waals surface area contributed by atoms with Gasteiger partial charge in [-0.2, -0.15) is 21.0 Å². The molecule has 0 saturated carbocycles. The molecule has 0 amide bonds. The molecule has 2 aliphatic rings. The lowest BCUT2D eigenvalue weighted by atomic mass is 9.94. The van der Waals surface area contributed by atoms with Gasteiger partial charge in [0, 0.05) is 0 Å². The molecule has 15 heteroatoms. The van der Waals surface area contributed by atoms with E-state index in [-0.39, 0.29) is 0 Å². The summed E-state index contributed by atoms with van der Waals surface area (Å²) in [5, 5.41) is 47.8. The van der Waals surface area contributed by atoms with Crippen LogP contribution < -0.4 is 0 Å². The standard InChI is InChI=1S/C6H10O13S2/c7-1-2-3(8)4(9)5(10)6(11,16-2)18-21(14,15)19-20(12,13)17-5/h2-4,7-11H,1H2/t2-,3-,4+,5-,6?/m1/s1. The monoisotopic (exact) mass is 354 g/mol. The van der Waals surface area contributed by atoms with Crippen LogP contribution in [0.15, 0.2) is 0 Å². The fraction of sp³-hybridized carbons (Fsp3) is 1.00. The summed E-state index contributed by atoms with van der Waals surface area (Å²) in [6.45, 7) is -1.06. The van der Waals surface area contributed by atoms with Gasteiger partial charge in [-0.25, -0.2) is 4.18 Å². The van der Waals surface area contributed by atoms with Crippen LogP contribution in [0.1, 0.15) is 0 Å². The second-order valence-electron chi connectivity index (χ2n) is 4.10. The predicted molar refractivity (Wildman–Crippen MR) is 55.0 cm³/mol. The lowest BCUT2D eigenvalue weighted by Crippen LogP contribution is -2.74. The summed E-state index contributed by atoms with van der Waals surface area (Å²) in [5.41, 5.74) is 0. The van der Waals surface area contributed by atoms with Crippen LogP contribution >= 0.6 is 0 Å². The van der Waals surface area contributed by atoms with Crippen molar-refractivity contribution in [2.24, 2.45) is 0 Å². The van der Waals surface area contributed by atoms with Crippen LogP contribution in [0.25, 0.3) is 0 Å². The largest absolute Gasteiger partial charge is 0.421 e. The van der Waals surface area contributed by atoms with Gasteiger partial charge >= 0.3 is 26.8 Å². The van der Waals surface area contributed by atoms with Gasteiger partial charge in [0.2, 0.25) is 0 Å². The normalized spacial score (nSPS) is 49.1. The first-order valence-electron chi connectivity index (χ1n) is 5.07. The van der Waals surface area contributed by atoms with Gasteiger partial charge in [0.25, 0.3) is 5.79 Å². The molecule has 0 spiro atoms. The van der Waals surface area contributed by atoms with Gasteiger partial charge < -0.3 is 30.3 Å². The van der Waals surface area contributed by atoms with Crippen LogP contribution in [0.5, 0.6) is 0 Å². The molecule has 2 rings (SSSR count). The van der Waals surface area contributed by atoms with Crippen LogP contribution in [0, 0.1) is 0 Å². The highest BCUT2D eigenvalue weighted by atomic mass is 32.3. The third-order valence-corrected chi connectivity index (χ3v) is 4.88. The maximum atomic E-state index is 11.2. The fourth-order valence-corrected chi connectivity index (χ4v) is 3.72. The van der Waals surface area contributed by atoms with E-state index in [1.165, 1.54) is 0 Å². The highest BCUT2D eigenvalue weighted by Crippen LogP contribution is 2.42. The summed E-state index contributed by atoms with van der Waals surface area (Å²) < 4.78 is 60.3. The molecule has 2 heterocycles. The number of ether oxygens (including phenoxy) is 1. The Labute approximate surface area is 117 Å². The summed E-state index contributed by atoms with van der Waals surface area (Å²) in [5.74, 6) is -7.61. The number of hydrogen-bond acceptors (Lipinski definition) is 13. The first-order chi connectivity index (χ1) is 9.36. The summed E-state index contributed by atoms with van der Waals surface area (Å²) >= 11 is 0. The zero-order valence-electron chi connectivity index (χ0n) is 9.76. The van der Waals surface area contributed by atoms with Gasteiger partial charge in [0.1, 0.15) is 18.3 Å². The molecule has 2 fully saturated rings. The second-order valence-corrected chi connectivity index (χ2v) is 6.61. The molecule has 5 atom stereocenters. The maximum absolute atomic E-state index is 11.2. The van der Waals surface area contributed by atoms with E-state index in [9.17, 15) is 37.3 Å². The van der Waals surface area contributed by atoms with Crippen molar-refractivity contribution < 1.29 is 59.1 Å². The van der Waals surface area contributed by atoms with E-state index in [0.717, 1.165) is 0 Å². The molecule has 21 heavy (non-hydrogen) atoms. The fourth-order valence-electron chi connectivity index (χ4n) is 1.73. The highest BCUT2D eigenvalue weighted by Gasteiger charge is 2.72. The van der Waals surface area contributed by atoms with Gasteiger partial charge in [0.15, 0.2) is 0 Å². The van der Waals surface area contributed by atoms with E-state index < -0.39 is 57.5 Å². The third-order valence-electron chi connectivity index (χ3n) is 2.66. The molecule has 2 aliphatic heterocycles.